The van der Waals surface area contributed by atoms with Crippen LogP contribution in [0.3, 0.4) is 0 Å². The van der Waals surface area contributed by atoms with E-state index in [1.54, 1.807) is 31.5 Å². The predicted molar refractivity (Wildman–Crippen MR) is 106 cm³/mol. The van der Waals surface area contributed by atoms with Crippen LogP contribution in [0.4, 0.5) is 5.69 Å². The summed E-state index contributed by atoms with van der Waals surface area (Å²) in [7, 11) is -2.68. The highest BCUT2D eigenvalue weighted by Crippen LogP contribution is 2.27. The monoisotopic (exact) mass is 399 g/mol. The van der Waals surface area contributed by atoms with Crippen molar-refractivity contribution in [2.24, 2.45) is 0 Å². The minimum Gasteiger partial charge on any atom is -0.465 e. The molecule has 0 radical (unpaired) electrons. The minimum atomic E-state index is -3.93. The molecule has 0 aliphatic heterocycles. The van der Waals surface area contributed by atoms with E-state index in [0.717, 1.165) is 5.69 Å². The molecular formula is C20H21N3O4S. The van der Waals surface area contributed by atoms with E-state index in [9.17, 15) is 13.2 Å². The molecule has 1 N–H and O–H groups in total. The van der Waals surface area contributed by atoms with Crippen LogP contribution in [0.2, 0.25) is 0 Å². The molecule has 3 aromatic rings. The van der Waals surface area contributed by atoms with Crippen LogP contribution >= 0.6 is 0 Å². The van der Waals surface area contributed by atoms with Gasteiger partial charge in [0.2, 0.25) is 0 Å². The summed E-state index contributed by atoms with van der Waals surface area (Å²) in [4.78, 5) is 11.8. The summed E-state index contributed by atoms with van der Waals surface area (Å²) in [5.41, 5.74) is 3.14. The number of hydrogen-bond donors (Lipinski definition) is 1. The van der Waals surface area contributed by atoms with Gasteiger partial charge >= 0.3 is 5.97 Å². The molecule has 0 spiro atoms. The van der Waals surface area contributed by atoms with Gasteiger partial charge in [-0.2, -0.15) is 5.10 Å². The number of rotatable bonds is 5. The standard InChI is InChI=1S/C20H21N3O4S/c1-13-10-11-16(20(24)27-4)12-18(13)28(25,26)22-19-14(2)21-23(15(19)3)17-8-6-5-7-9-17/h5-12,22H,1-4H3. The van der Waals surface area contributed by atoms with Crippen LogP contribution in [-0.4, -0.2) is 31.3 Å². The first-order chi connectivity index (χ1) is 13.2. The fraction of sp³-hybridized carbons (Fsp3) is 0.200. The molecule has 0 aliphatic carbocycles. The van der Waals surface area contributed by atoms with Gasteiger partial charge in [-0.15, -0.1) is 0 Å². The molecule has 3 rings (SSSR count). The first-order valence-electron chi connectivity index (χ1n) is 8.58. The van der Waals surface area contributed by atoms with Gasteiger partial charge in [0.1, 0.15) is 0 Å². The molecule has 0 saturated heterocycles. The number of nitrogens with one attached hydrogen (secondary N) is 1. The number of sulfonamides is 1. The Bertz CT molecular complexity index is 1140. The second kappa shape index (κ2) is 7.47. The highest BCUT2D eigenvalue weighted by molar-refractivity contribution is 7.92. The number of carbonyl (C=O) groups excluding carboxylic acids is 1. The zero-order valence-corrected chi connectivity index (χ0v) is 16.9. The van der Waals surface area contributed by atoms with Gasteiger partial charge in [-0.05, 0) is 50.6 Å². The third-order valence-corrected chi connectivity index (χ3v) is 5.92. The van der Waals surface area contributed by atoms with Crippen LogP contribution in [-0.2, 0) is 14.8 Å². The topological polar surface area (TPSA) is 90.3 Å². The number of anilines is 1. The Morgan fingerprint density at radius 2 is 1.75 bits per heavy atom. The molecule has 0 bridgehead atoms. The summed E-state index contributed by atoms with van der Waals surface area (Å²) in [6.45, 7) is 5.20. The average molecular weight is 399 g/mol. The highest BCUT2D eigenvalue weighted by Gasteiger charge is 2.23. The summed E-state index contributed by atoms with van der Waals surface area (Å²) >= 11 is 0. The molecule has 8 heteroatoms. The maximum absolute atomic E-state index is 13.0. The first-order valence-corrected chi connectivity index (χ1v) is 10.1. The van der Waals surface area contributed by atoms with Crippen molar-refractivity contribution in [3.8, 4) is 5.69 Å². The maximum Gasteiger partial charge on any atom is 0.337 e. The van der Waals surface area contributed by atoms with E-state index in [1.165, 1.54) is 19.2 Å². The summed E-state index contributed by atoms with van der Waals surface area (Å²) in [5.74, 6) is -0.597. The lowest BCUT2D eigenvalue weighted by Crippen LogP contribution is -2.16. The third kappa shape index (κ3) is 3.63. The zero-order chi connectivity index (χ0) is 20.5. The summed E-state index contributed by atoms with van der Waals surface area (Å²) in [6.07, 6.45) is 0. The van der Waals surface area contributed by atoms with E-state index in [0.29, 0.717) is 22.6 Å². The summed E-state index contributed by atoms with van der Waals surface area (Å²) in [6, 6.07) is 13.9. The van der Waals surface area contributed by atoms with Gasteiger partial charge in [0, 0.05) is 0 Å². The summed E-state index contributed by atoms with van der Waals surface area (Å²) < 4.78 is 35.1. The Morgan fingerprint density at radius 3 is 2.39 bits per heavy atom. The quantitative estimate of drug-likeness (QED) is 0.664. The third-order valence-electron chi connectivity index (χ3n) is 4.43. The van der Waals surface area contributed by atoms with Crippen LogP contribution < -0.4 is 4.72 Å². The van der Waals surface area contributed by atoms with Crippen molar-refractivity contribution in [2.75, 3.05) is 11.8 Å². The average Bonchev–Trinajstić information content (AvgIpc) is 2.96. The van der Waals surface area contributed by atoms with Crippen molar-refractivity contribution < 1.29 is 17.9 Å². The molecule has 0 amide bonds. The molecule has 146 valence electrons. The van der Waals surface area contributed by atoms with Gasteiger partial charge in [-0.1, -0.05) is 24.3 Å². The molecule has 1 heterocycles. The van der Waals surface area contributed by atoms with Crippen molar-refractivity contribution in [1.29, 1.82) is 0 Å². The Morgan fingerprint density at radius 1 is 1.07 bits per heavy atom. The molecule has 0 atom stereocenters. The normalized spacial score (nSPS) is 11.3. The van der Waals surface area contributed by atoms with Crippen LogP contribution in [0, 0.1) is 20.8 Å². The van der Waals surface area contributed by atoms with Crippen molar-refractivity contribution in [2.45, 2.75) is 25.7 Å². The second-order valence-electron chi connectivity index (χ2n) is 6.37. The van der Waals surface area contributed by atoms with E-state index < -0.39 is 16.0 Å². The fourth-order valence-corrected chi connectivity index (χ4v) is 4.38. The van der Waals surface area contributed by atoms with Gasteiger partial charge < -0.3 is 4.74 Å². The number of aryl methyl sites for hydroxylation is 2. The summed E-state index contributed by atoms with van der Waals surface area (Å²) in [5, 5.41) is 4.46. The zero-order valence-electron chi connectivity index (χ0n) is 16.1. The number of methoxy groups -OCH3 is 1. The van der Waals surface area contributed by atoms with Gasteiger partial charge in [0.25, 0.3) is 10.0 Å². The molecule has 0 saturated carbocycles. The Balaban J connectivity index is 2.03. The van der Waals surface area contributed by atoms with E-state index in [4.69, 9.17) is 0 Å². The lowest BCUT2D eigenvalue weighted by Gasteiger charge is -2.12. The number of esters is 1. The van der Waals surface area contributed by atoms with Crippen LogP contribution in [0.1, 0.15) is 27.3 Å². The van der Waals surface area contributed by atoms with Crippen molar-refractivity contribution in [3.05, 3.63) is 71.0 Å². The molecule has 1 aromatic heterocycles. The molecule has 7 nitrogen and oxygen atoms in total. The van der Waals surface area contributed by atoms with Crippen LogP contribution in [0.15, 0.2) is 53.4 Å². The van der Waals surface area contributed by atoms with E-state index >= 15 is 0 Å². The largest absolute Gasteiger partial charge is 0.465 e. The fourth-order valence-electron chi connectivity index (χ4n) is 2.93. The lowest BCUT2D eigenvalue weighted by atomic mass is 10.1. The predicted octanol–water partition coefficient (Wildman–Crippen LogP) is 3.38. The van der Waals surface area contributed by atoms with E-state index in [1.807, 2.05) is 30.3 Å². The molecule has 2 aromatic carbocycles. The Hall–Kier alpha value is -3.13. The Labute approximate surface area is 164 Å². The van der Waals surface area contributed by atoms with Crippen molar-refractivity contribution >= 4 is 21.7 Å². The van der Waals surface area contributed by atoms with Gasteiger partial charge in [0.05, 0.1) is 40.3 Å². The molecule has 28 heavy (non-hydrogen) atoms. The van der Waals surface area contributed by atoms with E-state index in [-0.39, 0.29) is 10.5 Å². The lowest BCUT2D eigenvalue weighted by molar-refractivity contribution is 0.0600. The first kappa shape index (κ1) is 19.6. The number of nitrogens with zero attached hydrogens (tertiary/aromatic N) is 2. The molecule has 0 aliphatic rings. The second-order valence-corrected chi connectivity index (χ2v) is 8.02. The van der Waals surface area contributed by atoms with Gasteiger partial charge in [-0.3, -0.25) is 4.72 Å². The minimum absolute atomic E-state index is 0.0154. The van der Waals surface area contributed by atoms with Crippen molar-refractivity contribution in [1.82, 2.24) is 9.78 Å². The van der Waals surface area contributed by atoms with E-state index in [2.05, 4.69) is 14.6 Å². The van der Waals surface area contributed by atoms with Gasteiger partial charge in [0.15, 0.2) is 0 Å². The van der Waals surface area contributed by atoms with Crippen LogP contribution in [0.5, 0.6) is 0 Å². The molecule has 0 fully saturated rings. The molecular weight excluding hydrogens is 378 g/mol. The molecule has 0 unspecified atom stereocenters. The van der Waals surface area contributed by atoms with Gasteiger partial charge in [-0.25, -0.2) is 17.9 Å². The Kier molecular flexibility index (Phi) is 5.24. The number of para-hydroxylation sites is 1. The number of aromatic nitrogens is 2. The number of hydrogen-bond acceptors (Lipinski definition) is 5. The number of benzene rings is 2. The van der Waals surface area contributed by atoms with Crippen LogP contribution in [0.25, 0.3) is 5.69 Å². The highest BCUT2D eigenvalue weighted by atomic mass is 32.2. The maximum atomic E-state index is 13.0. The van der Waals surface area contributed by atoms with Crippen molar-refractivity contribution in [3.63, 3.8) is 0 Å². The smallest absolute Gasteiger partial charge is 0.337 e. The number of carbonyl (C=O) groups is 1. The number of ether oxygens (including phenoxy) is 1. The SMILES string of the molecule is COC(=O)c1ccc(C)c(S(=O)(=O)Nc2c(C)nn(-c3ccccc3)c2C)c1.